The summed E-state index contributed by atoms with van der Waals surface area (Å²) in [6.07, 6.45) is 6.85. The molecule has 4 aliphatic rings. The Morgan fingerprint density at radius 1 is 0.913 bits per heavy atom. The van der Waals surface area contributed by atoms with E-state index < -0.39 is 0 Å². The maximum atomic E-state index is 12.4. The lowest BCUT2D eigenvalue weighted by Gasteiger charge is -2.38. The topological polar surface area (TPSA) is 26.3 Å². The number of hydrogen-bond acceptors (Lipinski definition) is 2. The molecule has 23 heavy (non-hydrogen) atoms. The van der Waals surface area contributed by atoms with Crippen LogP contribution in [-0.4, -0.2) is 11.6 Å². The van der Waals surface area contributed by atoms with Crippen LogP contribution in [-0.2, 0) is 9.53 Å². The lowest BCUT2D eigenvalue weighted by atomic mass is 9.67. The van der Waals surface area contributed by atoms with Gasteiger partial charge < -0.3 is 4.74 Å². The molecule has 7 unspecified atom stereocenters. The highest BCUT2D eigenvalue weighted by Crippen LogP contribution is 2.68. The minimum atomic E-state index is -0.326. The second-order valence-corrected chi connectivity index (χ2v) is 10.3. The monoisotopic (exact) mass is 320 g/mol. The maximum absolute atomic E-state index is 12.4. The summed E-state index contributed by atoms with van der Waals surface area (Å²) in [6.45, 7) is 12.5. The Morgan fingerprint density at radius 2 is 1.48 bits per heavy atom. The van der Waals surface area contributed by atoms with E-state index in [0.717, 1.165) is 41.9 Å². The molecule has 4 aliphatic carbocycles. The van der Waals surface area contributed by atoms with Gasteiger partial charge in [0.15, 0.2) is 0 Å². The van der Waals surface area contributed by atoms with Crippen molar-refractivity contribution >= 4 is 5.97 Å². The van der Waals surface area contributed by atoms with E-state index in [9.17, 15) is 4.79 Å². The van der Waals surface area contributed by atoms with E-state index in [1.54, 1.807) is 0 Å². The third-order valence-electron chi connectivity index (χ3n) is 6.44. The smallest absolute Gasteiger partial charge is 0.309 e. The van der Waals surface area contributed by atoms with Crippen LogP contribution in [0.1, 0.15) is 73.6 Å². The summed E-state index contributed by atoms with van der Waals surface area (Å²) >= 11 is 0. The van der Waals surface area contributed by atoms with E-state index >= 15 is 0 Å². The van der Waals surface area contributed by atoms with Crippen molar-refractivity contribution in [3.63, 3.8) is 0 Å². The summed E-state index contributed by atoms with van der Waals surface area (Å²) in [6, 6.07) is 0. The van der Waals surface area contributed by atoms with Gasteiger partial charge in [-0.15, -0.1) is 0 Å². The van der Waals surface area contributed by atoms with Crippen molar-refractivity contribution in [2.75, 3.05) is 0 Å². The van der Waals surface area contributed by atoms with Crippen molar-refractivity contribution in [3.8, 4) is 0 Å². The summed E-state index contributed by atoms with van der Waals surface area (Å²) in [4.78, 5) is 12.4. The highest BCUT2D eigenvalue weighted by Gasteiger charge is 2.63. The van der Waals surface area contributed by atoms with E-state index in [4.69, 9.17) is 4.74 Å². The van der Waals surface area contributed by atoms with Crippen LogP contribution in [0.15, 0.2) is 0 Å². The van der Waals surface area contributed by atoms with E-state index in [2.05, 4.69) is 20.8 Å². The quantitative estimate of drug-likeness (QED) is 0.483. The lowest BCUT2D eigenvalue weighted by molar-refractivity contribution is -0.163. The zero-order chi connectivity index (χ0) is 16.9. The molecule has 0 N–H and O–H groups in total. The zero-order valence-corrected chi connectivity index (χ0v) is 16.0. The van der Waals surface area contributed by atoms with Gasteiger partial charge in [0.2, 0.25) is 0 Å². The molecule has 4 rings (SSSR count). The molecule has 4 fully saturated rings. The number of carbonyl (C=O) groups is 1. The summed E-state index contributed by atoms with van der Waals surface area (Å²) < 4.78 is 5.66. The van der Waals surface area contributed by atoms with Gasteiger partial charge >= 0.3 is 5.97 Å². The molecule has 0 saturated heterocycles. The zero-order valence-electron chi connectivity index (χ0n) is 16.0. The molecule has 0 aliphatic heterocycles. The second kappa shape index (κ2) is 6.08. The molecule has 2 nitrogen and oxygen atoms in total. The van der Waals surface area contributed by atoms with E-state index in [1.807, 2.05) is 20.8 Å². The largest absolute Gasteiger partial charge is 0.460 e. The van der Waals surface area contributed by atoms with Crippen molar-refractivity contribution < 1.29 is 9.53 Å². The van der Waals surface area contributed by atoms with Gasteiger partial charge in [-0.3, -0.25) is 4.79 Å². The molecule has 0 aromatic rings. The van der Waals surface area contributed by atoms with Crippen LogP contribution in [0.2, 0.25) is 0 Å². The molecule has 0 aromatic heterocycles. The first-order valence-corrected chi connectivity index (χ1v) is 9.90. The van der Waals surface area contributed by atoms with Gasteiger partial charge in [0.05, 0.1) is 5.92 Å². The summed E-state index contributed by atoms with van der Waals surface area (Å²) in [7, 11) is 0. The van der Waals surface area contributed by atoms with Crippen LogP contribution in [0.25, 0.3) is 0 Å². The standard InChI is InChI=1S/C17H26O2.C4H10/c1-17(2,3)19-16(18)13-8-11-7-12(13)15-10-5-4-9(6-10)14(11)15;1-4(2)3/h9-15H,4-8H2,1-3H3;4H,1-3H3. The SMILES string of the molecule is CC(C)(C)OC(=O)C1CC2CC1C1C3CCC(C3)C21.CC(C)C. The van der Waals surface area contributed by atoms with Crippen molar-refractivity contribution in [1.82, 2.24) is 0 Å². The molecule has 0 radical (unpaired) electrons. The summed E-state index contributed by atoms with van der Waals surface area (Å²) in [5.74, 6) is 6.52. The van der Waals surface area contributed by atoms with Crippen molar-refractivity contribution in [3.05, 3.63) is 0 Å². The third kappa shape index (κ3) is 3.33. The Morgan fingerprint density at radius 3 is 2.04 bits per heavy atom. The number of esters is 1. The highest BCUT2D eigenvalue weighted by atomic mass is 16.6. The maximum Gasteiger partial charge on any atom is 0.309 e. The van der Waals surface area contributed by atoms with Crippen LogP contribution in [0.4, 0.5) is 0 Å². The Labute approximate surface area is 142 Å². The van der Waals surface area contributed by atoms with Gasteiger partial charge in [-0.1, -0.05) is 20.8 Å². The highest BCUT2D eigenvalue weighted by molar-refractivity contribution is 5.74. The lowest BCUT2D eigenvalue weighted by Crippen LogP contribution is -2.38. The molecule has 4 bridgehead atoms. The van der Waals surface area contributed by atoms with Crippen molar-refractivity contribution in [2.24, 2.45) is 47.3 Å². The predicted molar refractivity (Wildman–Crippen MR) is 93.9 cm³/mol. The summed E-state index contributed by atoms with van der Waals surface area (Å²) in [5, 5.41) is 0. The molecule has 2 heteroatoms. The van der Waals surface area contributed by atoms with Gasteiger partial charge in [-0.2, -0.15) is 0 Å². The molecular formula is C21H36O2. The van der Waals surface area contributed by atoms with Gasteiger partial charge in [0, 0.05) is 0 Å². The fraction of sp³-hybridized carbons (Fsp3) is 0.952. The van der Waals surface area contributed by atoms with Crippen LogP contribution in [0, 0.1) is 47.3 Å². The van der Waals surface area contributed by atoms with Crippen molar-refractivity contribution in [2.45, 2.75) is 79.2 Å². The molecular weight excluding hydrogens is 284 g/mol. The van der Waals surface area contributed by atoms with Crippen LogP contribution in [0.5, 0.6) is 0 Å². The minimum absolute atomic E-state index is 0.0984. The molecule has 4 saturated carbocycles. The van der Waals surface area contributed by atoms with E-state index in [-0.39, 0.29) is 17.5 Å². The van der Waals surface area contributed by atoms with E-state index in [1.165, 1.54) is 25.7 Å². The first-order chi connectivity index (χ1) is 10.7. The van der Waals surface area contributed by atoms with E-state index in [0.29, 0.717) is 5.92 Å². The Hall–Kier alpha value is -0.530. The van der Waals surface area contributed by atoms with Crippen LogP contribution >= 0.6 is 0 Å². The Balaban J connectivity index is 0.000000354. The second-order valence-electron chi connectivity index (χ2n) is 10.3. The fourth-order valence-electron chi connectivity index (χ4n) is 6.21. The molecule has 0 aromatic carbocycles. The third-order valence-corrected chi connectivity index (χ3v) is 6.44. The predicted octanol–water partition coefficient (Wildman–Crippen LogP) is 5.31. The molecule has 0 amide bonds. The number of hydrogen-bond donors (Lipinski definition) is 0. The molecule has 132 valence electrons. The van der Waals surface area contributed by atoms with Gasteiger partial charge in [-0.25, -0.2) is 0 Å². The normalized spacial score (nSPS) is 43.3. The Kier molecular flexibility index (Phi) is 4.57. The number of carbonyl (C=O) groups excluding carboxylic acids is 1. The first kappa shape index (κ1) is 17.3. The Bertz CT molecular complexity index is 444. The average molecular weight is 321 g/mol. The molecule has 0 heterocycles. The van der Waals surface area contributed by atoms with Crippen LogP contribution < -0.4 is 0 Å². The number of ether oxygens (including phenoxy) is 1. The van der Waals surface area contributed by atoms with Gasteiger partial charge in [0.1, 0.15) is 5.60 Å². The number of rotatable bonds is 1. The fourth-order valence-corrected chi connectivity index (χ4v) is 6.21. The number of fused-ring (bicyclic) bond motifs is 9. The summed E-state index contributed by atoms with van der Waals surface area (Å²) in [5.41, 5.74) is -0.326. The minimum Gasteiger partial charge on any atom is -0.460 e. The van der Waals surface area contributed by atoms with Gasteiger partial charge in [-0.05, 0) is 94.3 Å². The molecule has 0 spiro atoms. The van der Waals surface area contributed by atoms with Crippen molar-refractivity contribution in [1.29, 1.82) is 0 Å². The average Bonchev–Trinajstić information content (AvgIpc) is 3.14. The van der Waals surface area contributed by atoms with Crippen LogP contribution in [0.3, 0.4) is 0 Å². The molecule has 7 atom stereocenters. The first-order valence-electron chi connectivity index (χ1n) is 9.90. The van der Waals surface area contributed by atoms with Gasteiger partial charge in [0.25, 0.3) is 0 Å².